The molecule has 1 aromatic carbocycles. The lowest BCUT2D eigenvalue weighted by Crippen LogP contribution is -3.12. The Balaban J connectivity index is 2.01. The highest BCUT2D eigenvalue weighted by Crippen LogP contribution is 2.35. The number of hydrogen-bond acceptors (Lipinski definition) is 1. The van der Waals surface area contributed by atoms with Gasteiger partial charge in [-0.2, -0.15) is 0 Å². The minimum Gasteiger partial charge on any atom is -0.334 e. The zero-order chi connectivity index (χ0) is 15.9. The topological polar surface area (TPSA) is 29.7 Å². The van der Waals surface area contributed by atoms with Crippen molar-refractivity contribution in [3.8, 4) is 0 Å². The van der Waals surface area contributed by atoms with Gasteiger partial charge in [0.1, 0.15) is 6.54 Å². The fraction of sp³-hybridized carbons (Fsp3) is 0.500. The lowest BCUT2D eigenvalue weighted by molar-refractivity contribution is -0.894. The van der Waals surface area contributed by atoms with E-state index in [-0.39, 0.29) is 5.91 Å². The number of nitrogens with zero attached hydrogens (tertiary/aromatic N) is 2. The van der Waals surface area contributed by atoms with Crippen molar-refractivity contribution in [2.45, 2.75) is 34.2 Å². The molecule has 0 bridgehead atoms. The molecule has 1 amide bonds. The molecular formula is C18H26N3O+. The van der Waals surface area contributed by atoms with Crippen LogP contribution < -0.4 is 9.80 Å². The van der Waals surface area contributed by atoms with Gasteiger partial charge in [0.25, 0.3) is 0 Å². The normalized spacial score (nSPS) is 14.4. The number of carbonyl (C=O) groups is 1. The van der Waals surface area contributed by atoms with E-state index in [1.54, 1.807) is 0 Å². The third-order valence-corrected chi connectivity index (χ3v) is 5.21. The fourth-order valence-corrected chi connectivity index (χ4v) is 3.57. The lowest BCUT2D eigenvalue weighted by Gasteiger charge is -2.30. The molecular weight excluding hydrogens is 274 g/mol. The van der Waals surface area contributed by atoms with E-state index >= 15 is 0 Å². The largest absolute Gasteiger partial charge is 0.334 e. The third-order valence-electron chi connectivity index (χ3n) is 5.21. The van der Waals surface area contributed by atoms with E-state index in [2.05, 4.69) is 50.5 Å². The molecule has 22 heavy (non-hydrogen) atoms. The first kappa shape index (κ1) is 15.1. The van der Waals surface area contributed by atoms with Gasteiger partial charge < -0.3 is 14.4 Å². The van der Waals surface area contributed by atoms with Crippen molar-refractivity contribution in [1.82, 2.24) is 4.57 Å². The maximum absolute atomic E-state index is 12.6. The quantitative estimate of drug-likeness (QED) is 0.891. The summed E-state index contributed by atoms with van der Waals surface area (Å²) in [6.07, 6.45) is 0. The molecule has 3 rings (SSSR count). The van der Waals surface area contributed by atoms with Crippen LogP contribution in [0.4, 0.5) is 5.69 Å². The van der Waals surface area contributed by atoms with Gasteiger partial charge in [-0.3, -0.25) is 4.79 Å². The molecule has 1 aliphatic rings. The Hall–Kier alpha value is -1.81. The van der Waals surface area contributed by atoms with Crippen LogP contribution in [0.3, 0.4) is 0 Å². The van der Waals surface area contributed by atoms with Crippen LogP contribution in [0, 0.1) is 13.8 Å². The van der Waals surface area contributed by atoms with Crippen LogP contribution in [0.1, 0.15) is 25.1 Å². The number of aromatic nitrogens is 1. The molecule has 1 aromatic heterocycles. The summed E-state index contributed by atoms with van der Waals surface area (Å²) < 4.78 is 2.18. The van der Waals surface area contributed by atoms with Gasteiger partial charge in [0.15, 0.2) is 0 Å². The molecule has 0 fully saturated rings. The Morgan fingerprint density at radius 1 is 1.18 bits per heavy atom. The number of benzene rings is 1. The summed E-state index contributed by atoms with van der Waals surface area (Å²) >= 11 is 0. The first-order chi connectivity index (χ1) is 10.6. The van der Waals surface area contributed by atoms with Crippen LogP contribution in [-0.2, 0) is 11.3 Å². The van der Waals surface area contributed by atoms with E-state index in [1.807, 2.05) is 4.90 Å². The second-order valence-electron chi connectivity index (χ2n) is 6.22. The van der Waals surface area contributed by atoms with Crippen molar-refractivity contribution in [1.29, 1.82) is 0 Å². The van der Waals surface area contributed by atoms with Gasteiger partial charge >= 0.3 is 0 Å². The summed E-state index contributed by atoms with van der Waals surface area (Å²) in [5.74, 6) is 0.213. The van der Waals surface area contributed by atoms with E-state index in [0.29, 0.717) is 6.54 Å². The first-order valence-corrected chi connectivity index (χ1v) is 8.30. The van der Waals surface area contributed by atoms with Crippen LogP contribution >= 0.6 is 0 Å². The van der Waals surface area contributed by atoms with E-state index < -0.39 is 0 Å². The summed E-state index contributed by atoms with van der Waals surface area (Å²) in [5.41, 5.74) is 4.81. The first-order valence-electron chi connectivity index (χ1n) is 8.30. The number of aryl methyl sites for hydroxylation is 1. The number of hydrogen-bond donors (Lipinski definition) is 1. The maximum Gasteiger partial charge on any atom is 0.247 e. The summed E-state index contributed by atoms with van der Waals surface area (Å²) in [6, 6.07) is 6.33. The molecule has 4 heteroatoms. The number of quaternary nitrogens is 1. The highest BCUT2D eigenvalue weighted by molar-refractivity contribution is 6.07. The van der Waals surface area contributed by atoms with Gasteiger partial charge in [0.2, 0.25) is 5.91 Å². The molecule has 1 N–H and O–H groups in total. The van der Waals surface area contributed by atoms with Crippen molar-refractivity contribution >= 4 is 22.5 Å². The van der Waals surface area contributed by atoms with Gasteiger partial charge in [0.05, 0.1) is 37.4 Å². The van der Waals surface area contributed by atoms with Crippen LogP contribution in [0.15, 0.2) is 18.2 Å². The number of amides is 1. The zero-order valence-corrected chi connectivity index (χ0v) is 14.1. The summed E-state index contributed by atoms with van der Waals surface area (Å²) in [4.78, 5) is 16.2. The van der Waals surface area contributed by atoms with Gasteiger partial charge in [0, 0.05) is 11.1 Å². The third kappa shape index (κ3) is 2.22. The number of carbonyl (C=O) groups excluding carboxylic acids is 1. The van der Waals surface area contributed by atoms with Crippen molar-refractivity contribution in [2.75, 3.05) is 31.1 Å². The molecule has 1 aliphatic heterocycles. The number of anilines is 1. The Morgan fingerprint density at radius 3 is 2.59 bits per heavy atom. The Morgan fingerprint density at radius 2 is 1.91 bits per heavy atom. The Labute approximate surface area is 132 Å². The molecule has 2 aromatic rings. The van der Waals surface area contributed by atoms with Gasteiger partial charge in [-0.05, 0) is 39.3 Å². The monoisotopic (exact) mass is 300 g/mol. The predicted octanol–water partition coefficient (Wildman–Crippen LogP) is 1.53. The highest BCUT2D eigenvalue weighted by Gasteiger charge is 2.28. The molecule has 0 aliphatic carbocycles. The molecule has 0 atom stereocenters. The molecule has 118 valence electrons. The van der Waals surface area contributed by atoms with Crippen LogP contribution in [0.2, 0.25) is 0 Å². The predicted molar refractivity (Wildman–Crippen MR) is 90.7 cm³/mol. The minimum absolute atomic E-state index is 0.213. The van der Waals surface area contributed by atoms with Gasteiger partial charge in [-0.25, -0.2) is 0 Å². The Bertz CT molecular complexity index is 713. The summed E-state index contributed by atoms with van der Waals surface area (Å²) in [6.45, 7) is 13.2. The van der Waals surface area contributed by atoms with Crippen LogP contribution in [0.25, 0.3) is 10.9 Å². The summed E-state index contributed by atoms with van der Waals surface area (Å²) in [7, 11) is 0. The Kier molecular flexibility index (Phi) is 3.96. The zero-order valence-electron chi connectivity index (χ0n) is 14.1. The maximum atomic E-state index is 12.6. The van der Waals surface area contributed by atoms with Crippen molar-refractivity contribution in [2.24, 2.45) is 0 Å². The van der Waals surface area contributed by atoms with Crippen molar-refractivity contribution in [3.63, 3.8) is 0 Å². The molecule has 0 saturated heterocycles. The van der Waals surface area contributed by atoms with Crippen molar-refractivity contribution < 1.29 is 9.69 Å². The average Bonchev–Trinajstić information content (AvgIpc) is 2.77. The van der Waals surface area contributed by atoms with Crippen LogP contribution in [-0.4, -0.2) is 36.7 Å². The second-order valence-corrected chi connectivity index (χ2v) is 6.22. The van der Waals surface area contributed by atoms with E-state index in [0.717, 1.165) is 31.9 Å². The second kappa shape index (κ2) is 5.76. The van der Waals surface area contributed by atoms with Gasteiger partial charge in [-0.1, -0.05) is 12.1 Å². The van der Waals surface area contributed by atoms with E-state index in [1.165, 1.54) is 27.1 Å². The van der Waals surface area contributed by atoms with E-state index in [4.69, 9.17) is 0 Å². The number of nitrogens with one attached hydrogen (secondary N) is 1. The minimum atomic E-state index is 0.213. The number of rotatable bonds is 5. The standard InChI is InChI=1S/C18H25N3O/c1-5-19(6-2)10-11-20-16-9-7-8-15-13(3)14(4)21(18(15)16)12-17(20)22/h7-9H,5-6,10-12H2,1-4H3/p+1. The SMILES string of the molecule is CC[NH+](CC)CCN1C(=O)Cn2c(C)c(C)c3cccc1c32. The highest BCUT2D eigenvalue weighted by atomic mass is 16.2. The molecule has 2 heterocycles. The van der Waals surface area contributed by atoms with E-state index in [9.17, 15) is 4.79 Å². The molecule has 4 nitrogen and oxygen atoms in total. The number of likely N-dealkylation sites (N-methyl/N-ethyl adjacent to an activating group) is 1. The van der Waals surface area contributed by atoms with Gasteiger partial charge in [-0.15, -0.1) is 0 Å². The van der Waals surface area contributed by atoms with Crippen LogP contribution in [0.5, 0.6) is 0 Å². The lowest BCUT2D eigenvalue weighted by atomic mass is 10.1. The molecule has 0 unspecified atom stereocenters. The molecule has 0 saturated carbocycles. The fourth-order valence-electron chi connectivity index (χ4n) is 3.57. The van der Waals surface area contributed by atoms with Crippen molar-refractivity contribution in [3.05, 3.63) is 29.5 Å². The number of para-hydroxylation sites is 1. The smallest absolute Gasteiger partial charge is 0.247 e. The molecule has 0 spiro atoms. The molecule has 0 radical (unpaired) electrons. The summed E-state index contributed by atoms with van der Waals surface area (Å²) in [5, 5.41) is 1.28. The average molecular weight is 300 g/mol.